The summed E-state index contributed by atoms with van der Waals surface area (Å²) in [4.78, 5) is 0. The van der Waals surface area contributed by atoms with Gasteiger partial charge in [-0.05, 0) is 50.8 Å². The van der Waals surface area contributed by atoms with Crippen LogP contribution in [-0.2, 0) is 25.7 Å². The maximum atomic E-state index is 15.9. The second-order valence-corrected chi connectivity index (χ2v) is 11.5. The van der Waals surface area contributed by atoms with Gasteiger partial charge in [-0.3, -0.25) is 0 Å². The van der Waals surface area contributed by atoms with Gasteiger partial charge >= 0.3 is 0 Å². The molecule has 0 bridgehead atoms. The van der Waals surface area contributed by atoms with Crippen molar-refractivity contribution in [1.29, 1.82) is 0 Å². The first-order chi connectivity index (χ1) is 12.9. The molecule has 1 aromatic carbocycles. The fraction of sp³-hybridized carbons (Fsp3) is 0.667. The standard InChI is InChI=1S/C18H29FN2O5S2/c1-14(2)28(24,25)21-17-6-4-5-11-18(17,19)15-7-9-16(10-8-15)26-13-12-20-27(3,22)23/h7-10,14,17,20-21H,4-6,11-13H2,1-3H3/t17-,18-/m0/s1. The van der Waals surface area contributed by atoms with Crippen molar-refractivity contribution in [3.8, 4) is 5.75 Å². The molecule has 0 saturated heterocycles. The van der Waals surface area contributed by atoms with E-state index in [9.17, 15) is 16.8 Å². The molecule has 1 fully saturated rings. The predicted octanol–water partition coefficient (Wildman–Crippen LogP) is 2.05. The molecule has 2 rings (SSSR count). The Kier molecular flexibility index (Phi) is 7.46. The van der Waals surface area contributed by atoms with Crippen LogP contribution in [0.5, 0.6) is 5.75 Å². The number of alkyl halides is 1. The molecule has 0 unspecified atom stereocenters. The van der Waals surface area contributed by atoms with Gasteiger partial charge in [0.05, 0.1) is 17.5 Å². The average Bonchev–Trinajstić information content (AvgIpc) is 2.60. The van der Waals surface area contributed by atoms with Crippen molar-refractivity contribution in [1.82, 2.24) is 9.44 Å². The Labute approximate surface area is 167 Å². The summed E-state index contributed by atoms with van der Waals surface area (Å²) in [5.41, 5.74) is -1.37. The van der Waals surface area contributed by atoms with Gasteiger partial charge in [-0.15, -0.1) is 0 Å². The average molecular weight is 437 g/mol. The Balaban J connectivity index is 2.08. The van der Waals surface area contributed by atoms with Crippen molar-refractivity contribution in [2.45, 2.75) is 56.5 Å². The third kappa shape index (κ3) is 6.13. The summed E-state index contributed by atoms with van der Waals surface area (Å²) in [5, 5.41) is -0.630. The molecular formula is C18H29FN2O5S2. The minimum atomic E-state index is -3.58. The molecule has 0 heterocycles. The SMILES string of the molecule is CC(C)S(=O)(=O)N[C@H]1CCCC[C@]1(F)c1ccc(OCCNS(C)(=O)=O)cc1. The van der Waals surface area contributed by atoms with Crippen molar-refractivity contribution in [3.63, 3.8) is 0 Å². The first-order valence-corrected chi connectivity index (χ1v) is 12.8. The third-order valence-electron chi connectivity index (χ3n) is 4.83. The summed E-state index contributed by atoms with van der Waals surface area (Å²) in [6.07, 6.45) is 3.21. The van der Waals surface area contributed by atoms with E-state index in [1.807, 2.05) is 0 Å². The zero-order valence-corrected chi connectivity index (χ0v) is 18.1. The van der Waals surface area contributed by atoms with Gasteiger partial charge in [-0.1, -0.05) is 18.6 Å². The highest BCUT2D eigenvalue weighted by Crippen LogP contribution is 2.41. The number of nitrogens with one attached hydrogen (secondary N) is 2. The number of halogens is 1. The van der Waals surface area contributed by atoms with Crippen LogP contribution in [0, 0.1) is 0 Å². The lowest BCUT2D eigenvalue weighted by molar-refractivity contribution is 0.0712. The van der Waals surface area contributed by atoms with Crippen LogP contribution in [0.1, 0.15) is 45.1 Å². The monoisotopic (exact) mass is 436 g/mol. The lowest BCUT2D eigenvalue weighted by Crippen LogP contribution is -2.51. The summed E-state index contributed by atoms with van der Waals surface area (Å²) >= 11 is 0. The number of hydrogen-bond acceptors (Lipinski definition) is 5. The second kappa shape index (κ2) is 9.06. The van der Waals surface area contributed by atoms with Crippen molar-refractivity contribution in [3.05, 3.63) is 29.8 Å². The third-order valence-corrected chi connectivity index (χ3v) is 7.41. The van der Waals surface area contributed by atoms with Crippen molar-refractivity contribution >= 4 is 20.0 Å². The largest absolute Gasteiger partial charge is 0.492 e. The van der Waals surface area contributed by atoms with Crippen molar-refractivity contribution < 1.29 is 26.0 Å². The predicted molar refractivity (Wildman–Crippen MR) is 107 cm³/mol. The molecule has 0 radical (unpaired) electrons. The van der Waals surface area contributed by atoms with Crippen LogP contribution in [0.15, 0.2) is 24.3 Å². The Morgan fingerprint density at radius 1 is 1.18 bits per heavy atom. The Morgan fingerprint density at radius 3 is 2.39 bits per heavy atom. The number of sulfonamides is 2. The number of hydrogen-bond donors (Lipinski definition) is 2. The van der Waals surface area contributed by atoms with E-state index in [1.165, 1.54) is 0 Å². The molecule has 1 aromatic rings. The zero-order valence-electron chi connectivity index (χ0n) is 16.4. The maximum absolute atomic E-state index is 15.9. The molecular weight excluding hydrogens is 407 g/mol. The van der Waals surface area contributed by atoms with Crippen LogP contribution < -0.4 is 14.2 Å². The van der Waals surface area contributed by atoms with Crippen molar-refractivity contribution in [2.24, 2.45) is 0 Å². The van der Waals surface area contributed by atoms with E-state index in [0.717, 1.165) is 12.7 Å². The fourth-order valence-electron chi connectivity index (χ4n) is 3.19. The van der Waals surface area contributed by atoms with Gasteiger partial charge in [0.1, 0.15) is 12.4 Å². The molecule has 10 heteroatoms. The van der Waals surface area contributed by atoms with Gasteiger partial charge in [-0.2, -0.15) is 0 Å². The van der Waals surface area contributed by atoms with Crippen LogP contribution in [0.3, 0.4) is 0 Å². The van der Waals surface area contributed by atoms with Gasteiger partial charge in [0.15, 0.2) is 5.67 Å². The van der Waals surface area contributed by atoms with Gasteiger partial charge in [-0.25, -0.2) is 30.7 Å². The van der Waals surface area contributed by atoms with E-state index >= 15 is 4.39 Å². The molecule has 2 atom stereocenters. The number of benzene rings is 1. The fourth-order valence-corrected chi connectivity index (χ4v) is 4.62. The summed E-state index contributed by atoms with van der Waals surface area (Å²) in [5.74, 6) is 0.484. The van der Waals surface area contributed by atoms with Gasteiger partial charge in [0, 0.05) is 6.54 Å². The minimum Gasteiger partial charge on any atom is -0.492 e. The molecule has 0 amide bonds. The number of ether oxygens (including phenoxy) is 1. The number of rotatable bonds is 9. The highest BCUT2D eigenvalue weighted by molar-refractivity contribution is 7.90. The van der Waals surface area contributed by atoms with E-state index in [2.05, 4.69) is 9.44 Å². The smallest absolute Gasteiger partial charge is 0.214 e. The summed E-state index contributed by atoms with van der Waals surface area (Å²) < 4.78 is 72.7. The summed E-state index contributed by atoms with van der Waals surface area (Å²) in [7, 11) is -6.85. The maximum Gasteiger partial charge on any atom is 0.214 e. The highest BCUT2D eigenvalue weighted by Gasteiger charge is 2.44. The van der Waals surface area contributed by atoms with E-state index in [1.54, 1.807) is 38.1 Å². The van der Waals surface area contributed by atoms with Crippen LogP contribution >= 0.6 is 0 Å². The van der Waals surface area contributed by atoms with Gasteiger partial charge < -0.3 is 4.74 Å². The lowest BCUT2D eigenvalue weighted by Gasteiger charge is -2.38. The van der Waals surface area contributed by atoms with Crippen LogP contribution in [0.2, 0.25) is 0 Å². The van der Waals surface area contributed by atoms with E-state index in [-0.39, 0.29) is 19.6 Å². The topological polar surface area (TPSA) is 102 Å². The van der Waals surface area contributed by atoms with Gasteiger partial charge in [0.25, 0.3) is 0 Å². The minimum absolute atomic E-state index is 0.132. The molecule has 0 aliphatic heterocycles. The second-order valence-electron chi connectivity index (χ2n) is 7.41. The molecule has 1 aliphatic carbocycles. The molecule has 0 aromatic heterocycles. The highest BCUT2D eigenvalue weighted by atomic mass is 32.2. The Morgan fingerprint density at radius 2 is 1.82 bits per heavy atom. The van der Waals surface area contributed by atoms with Crippen molar-refractivity contribution in [2.75, 3.05) is 19.4 Å². The van der Waals surface area contributed by atoms with E-state index < -0.39 is 37.0 Å². The molecule has 7 nitrogen and oxygen atoms in total. The molecule has 1 saturated carbocycles. The zero-order chi connectivity index (χ0) is 21.0. The molecule has 0 spiro atoms. The summed E-state index contributed by atoms with van der Waals surface area (Å²) in [6, 6.07) is 5.61. The van der Waals surface area contributed by atoms with Crippen LogP contribution in [0.4, 0.5) is 4.39 Å². The Bertz CT molecular complexity index is 856. The first kappa shape index (κ1) is 23.1. The van der Waals surface area contributed by atoms with Crippen LogP contribution in [-0.4, -0.2) is 47.5 Å². The Hall–Kier alpha value is -1.23. The van der Waals surface area contributed by atoms with E-state index in [4.69, 9.17) is 4.74 Å². The lowest BCUT2D eigenvalue weighted by atomic mass is 9.77. The molecule has 1 aliphatic rings. The van der Waals surface area contributed by atoms with Crippen LogP contribution in [0.25, 0.3) is 0 Å². The molecule has 2 N–H and O–H groups in total. The molecule has 160 valence electrons. The van der Waals surface area contributed by atoms with E-state index in [0.29, 0.717) is 24.2 Å². The first-order valence-electron chi connectivity index (χ1n) is 9.32. The normalized spacial score (nSPS) is 23.7. The quantitative estimate of drug-likeness (QED) is 0.577. The van der Waals surface area contributed by atoms with Gasteiger partial charge in [0.2, 0.25) is 20.0 Å². The summed E-state index contributed by atoms with van der Waals surface area (Å²) in [6.45, 7) is 3.41. The molecule has 28 heavy (non-hydrogen) atoms.